The molecule has 0 aromatic carbocycles. The molecule has 102 valence electrons. The molecule has 1 aromatic heterocycles. The molecular formula is C9H10N4O4S2. The summed E-state index contributed by atoms with van der Waals surface area (Å²) in [6.45, 7) is 0.324. The van der Waals surface area contributed by atoms with Gasteiger partial charge in [0.1, 0.15) is 0 Å². The summed E-state index contributed by atoms with van der Waals surface area (Å²) < 4.78 is 0.471. The maximum absolute atomic E-state index is 11.8. The van der Waals surface area contributed by atoms with Crippen LogP contribution in [0.5, 0.6) is 0 Å². The van der Waals surface area contributed by atoms with E-state index in [-0.39, 0.29) is 24.0 Å². The standard InChI is InChI=1S/C9H10N4O4S2/c14-5-1-4(2-10-5)7(17)11-8-12-13-9(19-8)18-3-6(15)16/h4H,1-3H2,(H,10,14)(H,15,16)(H,11,12,17). The van der Waals surface area contributed by atoms with Crippen LogP contribution in [0.2, 0.25) is 0 Å². The van der Waals surface area contributed by atoms with Gasteiger partial charge >= 0.3 is 5.97 Å². The largest absolute Gasteiger partial charge is 0.481 e. The number of carbonyl (C=O) groups excluding carboxylic acids is 2. The molecule has 0 spiro atoms. The Labute approximate surface area is 116 Å². The number of aromatic nitrogens is 2. The molecule has 19 heavy (non-hydrogen) atoms. The van der Waals surface area contributed by atoms with Crippen LogP contribution in [0.4, 0.5) is 5.13 Å². The van der Waals surface area contributed by atoms with E-state index in [0.717, 1.165) is 23.1 Å². The summed E-state index contributed by atoms with van der Waals surface area (Å²) in [5, 5.41) is 21.5. The molecule has 1 atom stereocenters. The number of carbonyl (C=O) groups is 3. The van der Waals surface area contributed by atoms with Gasteiger partial charge in [-0.1, -0.05) is 23.1 Å². The van der Waals surface area contributed by atoms with Crippen molar-refractivity contribution in [1.82, 2.24) is 15.5 Å². The van der Waals surface area contributed by atoms with E-state index in [1.165, 1.54) is 0 Å². The van der Waals surface area contributed by atoms with Crippen LogP contribution in [-0.2, 0) is 14.4 Å². The van der Waals surface area contributed by atoms with E-state index in [4.69, 9.17) is 5.11 Å². The molecule has 0 saturated carbocycles. The van der Waals surface area contributed by atoms with Crippen molar-refractivity contribution < 1.29 is 19.5 Å². The quantitative estimate of drug-likeness (QED) is 0.508. The Morgan fingerprint density at radius 3 is 2.95 bits per heavy atom. The van der Waals surface area contributed by atoms with Crippen molar-refractivity contribution in [3.8, 4) is 0 Å². The number of nitrogens with one attached hydrogen (secondary N) is 2. The van der Waals surface area contributed by atoms with Crippen molar-refractivity contribution in [3.05, 3.63) is 0 Å². The summed E-state index contributed by atoms with van der Waals surface area (Å²) in [6, 6.07) is 0. The zero-order valence-corrected chi connectivity index (χ0v) is 11.2. The Morgan fingerprint density at radius 2 is 2.32 bits per heavy atom. The molecule has 1 aromatic rings. The van der Waals surface area contributed by atoms with Gasteiger partial charge in [-0.3, -0.25) is 14.4 Å². The predicted octanol–water partition coefficient (Wildman–Crippen LogP) is -0.211. The van der Waals surface area contributed by atoms with Crippen molar-refractivity contribution in [3.63, 3.8) is 0 Å². The van der Waals surface area contributed by atoms with Crippen molar-refractivity contribution in [2.24, 2.45) is 5.92 Å². The Morgan fingerprint density at radius 1 is 1.53 bits per heavy atom. The highest BCUT2D eigenvalue weighted by Gasteiger charge is 2.28. The lowest BCUT2D eigenvalue weighted by atomic mass is 10.1. The molecule has 8 nitrogen and oxygen atoms in total. The number of anilines is 1. The third-order valence-corrected chi connectivity index (χ3v) is 4.26. The van der Waals surface area contributed by atoms with Gasteiger partial charge < -0.3 is 15.7 Å². The van der Waals surface area contributed by atoms with Gasteiger partial charge in [0.15, 0.2) is 4.34 Å². The molecule has 2 amide bonds. The van der Waals surface area contributed by atoms with Crippen LogP contribution in [-0.4, -0.2) is 45.4 Å². The number of hydrogen-bond donors (Lipinski definition) is 3. The highest BCUT2D eigenvalue weighted by atomic mass is 32.2. The second-order valence-electron chi connectivity index (χ2n) is 3.75. The number of aliphatic carboxylic acids is 1. The Kier molecular flexibility index (Phi) is 4.32. The molecule has 1 aliphatic rings. The van der Waals surface area contributed by atoms with Crippen molar-refractivity contribution in [2.45, 2.75) is 10.8 Å². The molecule has 2 heterocycles. The van der Waals surface area contributed by atoms with Gasteiger partial charge in [0.25, 0.3) is 0 Å². The van der Waals surface area contributed by atoms with Gasteiger partial charge in [-0.2, -0.15) is 0 Å². The molecule has 1 fully saturated rings. The monoisotopic (exact) mass is 302 g/mol. The first kappa shape index (κ1) is 13.7. The van der Waals surface area contributed by atoms with Gasteiger partial charge in [-0.15, -0.1) is 10.2 Å². The lowest BCUT2D eigenvalue weighted by Gasteiger charge is -2.05. The van der Waals surface area contributed by atoms with E-state index in [1.54, 1.807) is 0 Å². The van der Waals surface area contributed by atoms with Crippen LogP contribution in [0.15, 0.2) is 4.34 Å². The van der Waals surface area contributed by atoms with Crippen LogP contribution in [0.1, 0.15) is 6.42 Å². The zero-order chi connectivity index (χ0) is 13.8. The highest BCUT2D eigenvalue weighted by Crippen LogP contribution is 2.25. The summed E-state index contributed by atoms with van der Waals surface area (Å²) in [7, 11) is 0. The van der Waals surface area contributed by atoms with Crippen molar-refractivity contribution >= 4 is 46.0 Å². The summed E-state index contributed by atoms with van der Waals surface area (Å²) >= 11 is 2.14. The lowest BCUT2D eigenvalue weighted by molar-refractivity contribution is -0.134. The minimum atomic E-state index is -0.943. The Bertz CT molecular complexity index is 518. The van der Waals surface area contributed by atoms with Crippen molar-refractivity contribution in [2.75, 3.05) is 17.6 Å². The molecule has 1 aliphatic heterocycles. The van der Waals surface area contributed by atoms with E-state index in [0.29, 0.717) is 16.0 Å². The first-order valence-corrected chi connectivity index (χ1v) is 7.10. The molecule has 2 rings (SSSR count). The third kappa shape index (κ3) is 3.89. The molecule has 1 unspecified atom stereocenters. The summed E-state index contributed by atoms with van der Waals surface area (Å²) in [5.41, 5.74) is 0. The van der Waals surface area contributed by atoms with E-state index in [1.807, 2.05) is 0 Å². The van der Waals surface area contributed by atoms with Gasteiger partial charge in [0.2, 0.25) is 16.9 Å². The lowest BCUT2D eigenvalue weighted by Crippen LogP contribution is -2.24. The molecule has 10 heteroatoms. The second-order valence-corrected chi connectivity index (χ2v) is 5.95. The van der Waals surface area contributed by atoms with E-state index < -0.39 is 11.9 Å². The minimum Gasteiger partial charge on any atom is -0.481 e. The highest BCUT2D eigenvalue weighted by molar-refractivity contribution is 8.01. The summed E-state index contributed by atoms with van der Waals surface area (Å²) in [6.07, 6.45) is 0.172. The van der Waals surface area contributed by atoms with E-state index in [2.05, 4.69) is 20.8 Å². The predicted molar refractivity (Wildman–Crippen MR) is 68.0 cm³/mol. The van der Waals surface area contributed by atoms with Crippen LogP contribution in [0.3, 0.4) is 0 Å². The average molecular weight is 302 g/mol. The fourth-order valence-electron chi connectivity index (χ4n) is 1.44. The number of hydrogen-bond acceptors (Lipinski definition) is 7. The number of carboxylic acid groups (broad SMARTS) is 1. The molecule has 1 saturated heterocycles. The zero-order valence-electron chi connectivity index (χ0n) is 9.58. The third-order valence-electron chi connectivity index (χ3n) is 2.30. The Hall–Kier alpha value is -1.68. The fourth-order valence-corrected chi connectivity index (χ4v) is 2.92. The summed E-state index contributed by atoms with van der Waals surface area (Å²) in [4.78, 5) is 33.1. The van der Waals surface area contributed by atoms with Gasteiger partial charge in [-0.05, 0) is 0 Å². The van der Waals surface area contributed by atoms with E-state index in [9.17, 15) is 14.4 Å². The first-order chi connectivity index (χ1) is 9.04. The van der Waals surface area contributed by atoms with Crippen LogP contribution < -0.4 is 10.6 Å². The molecular weight excluding hydrogens is 292 g/mol. The molecule has 0 radical (unpaired) electrons. The van der Waals surface area contributed by atoms with E-state index >= 15 is 0 Å². The minimum absolute atomic E-state index is 0.108. The summed E-state index contributed by atoms with van der Waals surface area (Å²) in [5.74, 6) is -1.88. The fraction of sp³-hybridized carbons (Fsp3) is 0.444. The second kappa shape index (κ2) is 5.97. The van der Waals surface area contributed by atoms with Gasteiger partial charge in [-0.25, -0.2) is 0 Å². The first-order valence-electron chi connectivity index (χ1n) is 5.30. The van der Waals surface area contributed by atoms with Crippen LogP contribution >= 0.6 is 23.1 Å². The molecule has 0 aliphatic carbocycles. The number of nitrogens with zero attached hydrogens (tertiary/aromatic N) is 2. The Balaban J connectivity index is 1.87. The number of thioether (sulfide) groups is 1. The van der Waals surface area contributed by atoms with Crippen molar-refractivity contribution in [1.29, 1.82) is 0 Å². The smallest absolute Gasteiger partial charge is 0.313 e. The maximum Gasteiger partial charge on any atom is 0.313 e. The SMILES string of the molecule is O=C(O)CSc1nnc(NC(=O)C2CNC(=O)C2)s1. The van der Waals surface area contributed by atoms with Crippen LogP contribution in [0.25, 0.3) is 0 Å². The number of rotatable bonds is 5. The van der Waals surface area contributed by atoms with Gasteiger partial charge in [0, 0.05) is 13.0 Å². The normalized spacial score (nSPS) is 18.1. The number of carboxylic acids is 1. The van der Waals surface area contributed by atoms with Crippen LogP contribution in [0, 0.1) is 5.92 Å². The average Bonchev–Trinajstić information content (AvgIpc) is 2.95. The number of amides is 2. The topological polar surface area (TPSA) is 121 Å². The molecule has 0 bridgehead atoms. The maximum atomic E-state index is 11.8. The molecule has 3 N–H and O–H groups in total. The van der Waals surface area contributed by atoms with Gasteiger partial charge in [0.05, 0.1) is 11.7 Å².